The minimum atomic E-state index is -0.603. The summed E-state index contributed by atoms with van der Waals surface area (Å²) >= 11 is 0. The molecule has 0 saturated heterocycles. The Bertz CT molecular complexity index is 476. The number of pyridine rings is 1. The minimum Gasteiger partial charge on any atom is -0.369 e. The van der Waals surface area contributed by atoms with Crippen molar-refractivity contribution in [1.29, 1.82) is 0 Å². The topological polar surface area (TPSA) is 45.1 Å². The molecule has 3 nitrogen and oxygen atoms in total. The van der Waals surface area contributed by atoms with Crippen LogP contribution in [0, 0.1) is 0 Å². The number of hydrogen-bond donors (Lipinski definition) is 2. The summed E-state index contributed by atoms with van der Waals surface area (Å²) in [7, 11) is 0. The molecule has 0 bridgehead atoms. The summed E-state index contributed by atoms with van der Waals surface area (Å²) in [6.45, 7) is 0. The Morgan fingerprint density at radius 2 is 2.23 bits per heavy atom. The first-order valence-corrected chi connectivity index (χ1v) is 4.17. The van der Waals surface area contributed by atoms with E-state index in [-0.39, 0.29) is 0 Å². The molecule has 2 heterocycles. The van der Waals surface area contributed by atoms with E-state index >= 15 is 0 Å². The number of nitrogens with one attached hydrogen (secondary N) is 1. The number of benzene rings is 1. The predicted molar refractivity (Wildman–Crippen MR) is 50.3 cm³/mol. The SMILES string of the molecule is OC1Nc2cccc3cncc1c23. The van der Waals surface area contributed by atoms with Crippen molar-refractivity contribution in [1.82, 2.24) is 4.98 Å². The van der Waals surface area contributed by atoms with E-state index in [1.54, 1.807) is 6.20 Å². The van der Waals surface area contributed by atoms with Crippen LogP contribution in [-0.4, -0.2) is 10.1 Å². The number of hydrogen-bond acceptors (Lipinski definition) is 3. The van der Waals surface area contributed by atoms with Gasteiger partial charge in [0, 0.05) is 34.4 Å². The molecular weight excluding hydrogens is 164 g/mol. The maximum absolute atomic E-state index is 9.62. The molecule has 3 heteroatoms. The largest absolute Gasteiger partial charge is 0.369 e. The fraction of sp³-hybridized carbons (Fsp3) is 0.100. The van der Waals surface area contributed by atoms with Gasteiger partial charge in [-0.2, -0.15) is 0 Å². The molecule has 1 atom stereocenters. The highest BCUT2D eigenvalue weighted by atomic mass is 16.3. The number of aromatic nitrogens is 1. The summed E-state index contributed by atoms with van der Waals surface area (Å²) in [5.74, 6) is 0. The smallest absolute Gasteiger partial charge is 0.153 e. The zero-order valence-corrected chi connectivity index (χ0v) is 6.86. The van der Waals surface area contributed by atoms with Crippen LogP contribution in [-0.2, 0) is 0 Å². The Kier molecular flexibility index (Phi) is 1.16. The molecule has 0 amide bonds. The van der Waals surface area contributed by atoms with Gasteiger partial charge in [0.2, 0.25) is 0 Å². The molecule has 13 heavy (non-hydrogen) atoms. The van der Waals surface area contributed by atoms with E-state index < -0.39 is 6.23 Å². The maximum atomic E-state index is 9.62. The van der Waals surface area contributed by atoms with Crippen molar-refractivity contribution in [3.05, 3.63) is 36.2 Å². The first kappa shape index (κ1) is 6.86. The number of aliphatic hydroxyl groups excluding tert-OH is 1. The molecule has 0 aliphatic carbocycles. The molecule has 0 radical (unpaired) electrons. The van der Waals surface area contributed by atoms with Crippen LogP contribution in [0.2, 0.25) is 0 Å². The molecule has 3 rings (SSSR count). The summed E-state index contributed by atoms with van der Waals surface area (Å²) in [6.07, 6.45) is 2.91. The Morgan fingerprint density at radius 3 is 3.15 bits per heavy atom. The van der Waals surface area contributed by atoms with E-state index in [0.717, 1.165) is 22.0 Å². The second kappa shape index (κ2) is 2.20. The van der Waals surface area contributed by atoms with E-state index in [1.807, 2.05) is 24.4 Å². The zero-order chi connectivity index (χ0) is 8.84. The van der Waals surface area contributed by atoms with E-state index in [1.165, 1.54) is 0 Å². The molecule has 2 N–H and O–H groups in total. The number of nitrogens with zero attached hydrogens (tertiary/aromatic N) is 1. The van der Waals surface area contributed by atoms with Crippen molar-refractivity contribution in [2.75, 3.05) is 5.32 Å². The van der Waals surface area contributed by atoms with Crippen LogP contribution in [0.5, 0.6) is 0 Å². The molecule has 2 aromatic rings. The van der Waals surface area contributed by atoms with Gasteiger partial charge in [-0.05, 0) is 6.07 Å². The molecule has 0 saturated carbocycles. The molecule has 1 aliphatic heterocycles. The summed E-state index contributed by atoms with van der Waals surface area (Å²) < 4.78 is 0. The van der Waals surface area contributed by atoms with E-state index in [2.05, 4.69) is 10.3 Å². The second-order valence-electron chi connectivity index (χ2n) is 3.18. The lowest BCUT2D eigenvalue weighted by molar-refractivity contribution is 0.213. The van der Waals surface area contributed by atoms with Crippen LogP contribution in [0.15, 0.2) is 30.6 Å². The molecule has 1 unspecified atom stereocenters. The highest BCUT2D eigenvalue weighted by Crippen LogP contribution is 2.36. The van der Waals surface area contributed by atoms with E-state index in [9.17, 15) is 5.11 Å². The number of rotatable bonds is 0. The molecular formula is C10H8N2O. The van der Waals surface area contributed by atoms with Crippen molar-refractivity contribution >= 4 is 16.5 Å². The van der Waals surface area contributed by atoms with Crippen LogP contribution < -0.4 is 5.32 Å². The fourth-order valence-electron chi connectivity index (χ4n) is 1.81. The highest BCUT2D eigenvalue weighted by molar-refractivity contribution is 5.98. The number of aliphatic hydroxyl groups is 1. The average Bonchev–Trinajstić information content (AvgIpc) is 2.47. The van der Waals surface area contributed by atoms with Crippen LogP contribution in [0.25, 0.3) is 10.8 Å². The van der Waals surface area contributed by atoms with Gasteiger partial charge in [0.05, 0.1) is 0 Å². The molecule has 0 fully saturated rings. The Morgan fingerprint density at radius 1 is 1.31 bits per heavy atom. The Balaban J connectivity index is 2.51. The van der Waals surface area contributed by atoms with E-state index in [4.69, 9.17) is 0 Å². The van der Waals surface area contributed by atoms with Gasteiger partial charge in [0.1, 0.15) is 0 Å². The summed E-state index contributed by atoms with van der Waals surface area (Å²) in [5, 5.41) is 14.8. The van der Waals surface area contributed by atoms with E-state index in [0.29, 0.717) is 0 Å². The monoisotopic (exact) mass is 172 g/mol. The first-order valence-electron chi connectivity index (χ1n) is 4.17. The van der Waals surface area contributed by atoms with Crippen molar-refractivity contribution in [3.8, 4) is 0 Å². The normalized spacial score (nSPS) is 19.0. The van der Waals surface area contributed by atoms with Gasteiger partial charge in [-0.3, -0.25) is 4.98 Å². The highest BCUT2D eigenvalue weighted by Gasteiger charge is 2.20. The second-order valence-corrected chi connectivity index (χ2v) is 3.18. The molecule has 1 aromatic heterocycles. The van der Waals surface area contributed by atoms with Gasteiger partial charge in [-0.15, -0.1) is 0 Å². The Labute approximate surface area is 75.0 Å². The summed E-state index contributed by atoms with van der Waals surface area (Å²) in [5.41, 5.74) is 1.86. The molecule has 0 spiro atoms. The first-order chi connectivity index (χ1) is 6.36. The standard InChI is InChI=1S/C10H8N2O/c13-10-7-5-11-4-6-2-1-3-8(12-10)9(6)7/h1-5,10,12-13H. The third-order valence-corrected chi connectivity index (χ3v) is 2.40. The van der Waals surface area contributed by atoms with Gasteiger partial charge >= 0.3 is 0 Å². The lowest BCUT2D eigenvalue weighted by Crippen LogP contribution is -2.01. The minimum absolute atomic E-state index is 0.603. The average molecular weight is 172 g/mol. The van der Waals surface area contributed by atoms with Gasteiger partial charge in [0.15, 0.2) is 6.23 Å². The molecule has 64 valence electrons. The van der Waals surface area contributed by atoms with Crippen molar-refractivity contribution in [2.45, 2.75) is 6.23 Å². The Hall–Kier alpha value is -1.61. The quantitative estimate of drug-likeness (QED) is 0.635. The summed E-state index contributed by atoms with van der Waals surface area (Å²) in [4.78, 5) is 4.07. The van der Waals surface area contributed by atoms with Gasteiger partial charge in [-0.1, -0.05) is 12.1 Å². The van der Waals surface area contributed by atoms with Crippen molar-refractivity contribution in [3.63, 3.8) is 0 Å². The predicted octanol–water partition coefficient (Wildman–Crippen LogP) is 1.65. The van der Waals surface area contributed by atoms with Crippen molar-refractivity contribution < 1.29 is 5.11 Å². The molecule has 1 aromatic carbocycles. The lowest BCUT2D eigenvalue weighted by atomic mass is 10.1. The lowest BCUT2D eigenvalue weighted by Gasteiger charge is -2.02. The van der Waals surface area contributed by atoms with Gasteiger partial charge in [-0.25, -0.2) is 0 Å². The maximum Gasteiger partial charge on any atom is 0.153 e. The van der Waals surface area contributed by atoms with Crippen LogP contribution in [0.3, 0.4) is 0 Å². The fourth-order valence-corrected chi connectivity index (χ4v) is 1.81. The van der Waals surface area contributed by atoms with Gasteiger partial charge < -0.3 is 10.4 Å². The van der Waals surface area contributed by atoms with Gasteiger partial charge in [0.25, 0.3) is 0 Å². The van der Waals surface area contributed by atoms with Crippen LogP contribution in [0.4, 0.5) is 5.69 Å². The van der Waals surface area contributed by atoms with Crippen molar-refractivity contribution in [2.24, 2.45) is 0 Å². The molecule has 1 aliphatic rings. The third-order valence-electron chi connectivity index (χ3n) is 2.40. The van der Waals surface area contributed by atoms with Crippen LogP contribution in [0.1, 0.15) is 11.8 Å². The number of anilines is 1. The van der Waals surface area contributed by atoms with Crippen LogP contribution >= 0.6 is 0 Å². The third kappa shape index (κ3) is 0.792. The summed E-state index contributed by atoms with van der Waals surface area (Å²) in [6, 6.07) is 5.91. The zero-order valence-electron chi connectivity index (χ0n) is 6.86.